The van der Waals surface area contributed by atoms with Crippen LogP contribution in [-0.4, -0.2) is 49.3 Å². The zero-order valence-corrected chi connectivity index (χ0v) is 51.1. The molecule has 0 heterocycles. The second-order valence-electron chi connectivity index (χ2n) is 21.6. The molecule has 2 atom stereocenters. The minimum Gasteiger partial charge on any atom is -0.462 e. The zero-order valence-electron chi connectivity index (χ0n) is 50.2. The van der Waals surface area contributed by atoms with Crippen molar-refractivity contribution < 1.29 is 37.6 Å². The van der Waals surface area contributed by atoms with Crippen molar-refractivity contribution in [1.82, 2.24) is 0 Å². The van der Waals surface area contributed by atoms with Crippen LogP contribution in [0.2, 0.25) is 0 Å². The molecule has 0 bridgehead atoms. The maximum atomic E-state index is 12.7. The van der Waals surface area contributed by atoms with Crippen molar-refractivity contribution in [1.29, 1.82) is 0 Å². The molecule has 0 radical (unpaired) electrons. The number of unbranched alkanes of at least 4 members (excludes halogenated alkanes) is 36. The highest BCUT2D eigenvalue weighted by Crippen LogP contribution is 2.43. The number of hydrogen-bond donors (Lipinski definition) is 2. The van der Waals surface area contributed by atoms with Crippen LogP contribution in [0.5, 0.6) is 0 Å². The van der Waals surface area contributed by atoms with Crippen molar-refractivity contribution in [2.75, 3.05) is 26.4 Å². The molecular formula is C67H122NO8P. The highest BCUT2D eigenvalue weighted by Gasteiger charge is 2.26. The van der Waals surface area contributed by atoms with Crippen LogP contribution in [0.1, 0.15) is 309 Å². The lowest BCUT2D eigenvalue weighted by Crippen LogP contribution is -2.29. The summed E-state index contributed by atoms with van der Waals surface area (Å²) < 4.78 is 33.1. The SMILES string of the molecule is CC/C=C\C/C=C\C/C=C\C/C=C\C/C=C\CCCCCCCC(=O)OC(COC(=O)CCCCCCCCCCCCCCCCCCCCCCCCC/C=C\CCCCCCCCCC)COP(=O)(O)OCCN. The van der Waals surface area contributed by atoms with E-state index in [4.69, 9.17) is 24.3 Å². The van der Waals surface area contributed by atoms with Crippen molar-refractivity contribution in [2.24, 2.45) is 5.73 Å². The highest BCUT2D eigenvalue weighted by molar-refractivity contribution is 7.47. The maximum absolute atomic E-state index is 12.7. The summed E-state index contributed by atoms with van der Waals surface area (Å²) in [6, 6.07) is 0. The standard InChI is InChI=1S/C67H122NO8P/c1-3-5-7-9-11-13-15-17-19-21-23-25-26-27-28-29-30-31-32-33-34-35-36-37-38-40-41-43-45-47-49-51-53-55-57-59-66(69)73-63-65(64-75-77(71,72)74-62-61-68)76-67(70)60-58-56-54-52-50-48-46-44-42-39-24-22-20-18-16-14-12-10-8-6-4-2/h6,8,12,14,18,20-21,23-24,39,44,46,65H,3-5,7,9-11,13,15-17,19,22,25-38,40-43,45,47-64,68H2,1-2H3,(H,71,72)/b8-6-,14-12-,20-18-,23-21-,39-24-,46-44-. The number of nitrogens with two attached hydrogens (primary N) is 1. The molecule has 10 heteroatoms. The van der Waals surface area contributed by atoms with Gasteiger partial charge in [0.2, 0.25) is 0 Å². The molecule has 0 aromatic heterocycles. The number of hydrogen-bond acceptors (Lipinski definition) is 8. The molecule has 0 saturated carbocycles. The van der Waals surface area contributed by atoms with Crippen molar-refractivity contribution in [2.45, 2.75) is 315 Å². The molecule has 0 aliphatic rings. The molecule has 77 heavy (non-hydrogen) atoms. The van der Waals surface area contributed by atoms with Crippen LogP contribution in [0.15, 0.2) is 72.9 Å². The number of esters is 2. The maximum Gasteiger partial charge on any atom is 0.472 e. The summed E-state index contributed by atoms with van der Waals surface area (Å²) in [5.41, 5.74) is 5.39. The first kappa shape index (κ1) is 74.5. The number of phosphoric ester groups is 1. The number of ether oxygens (including phenoxy) is 2. The van der Waals surface area contributed by atoms with Gasteiger partial charge in [-0.05, 0) is 83.5 Å². The fourth-order valence-electron chi connectivity index (χ4n) is 9.31. The van der Waals surface area contributed by atoms with Crippen LogP contribution in [0.3, 0.4) is 0 Å². The Hall–Kier alpha value is -2.55. The van der Waals surface area contributed by atoms with Crippen LogP contribution < -0.4 is 5.73 Å². The minimum absolute atomic E-state index is 0.0480. The number of phosphoric acid groups is 1. The van der Waals surface area contributed by atoms with E-state index in [2.05, 4.69) is 86.8 Å². The number of allylic oxidation sites excluding steroid dienone is 12. The van der Waals surface area contributed by atoms with E-state index < -0.39 is 26.5 Å². The third-order valence-electron chi connectivity index (χ3n) is 14.1. The first-order chi connectivity index (χ1) is 37.8. The largest absolute Gasteiger partial charge is 0.472 e. The van der Waals surface area contributed by atoms with E-state index >= 15 is 0 Å². The molecule has 0 rings (SSSR count). The monoisotopic (exact) mass is 1100 g/mol. The van der Waals surface area contributed by atoms with Crippen LogP contribution in [0.4, 0.5) is 0 Å². The van der Waals surface area contributed by atoms with Gasteiger partial charge >= 0.3 is 19.8 Å². The van der Waals surface area contributed by atoms with E-state index in [1.807, 2.05) is 0 Å². The lowest BCUT2D eigenvalue weighted by Gasteiger charge is -2.19. The van der Waals surface area contributed by atoms with Crippen LogP contribution >= 0.6 is 7.82 Å². The first-order valence-corrected chi connectivity index (χ1v) is 33.9. The van der Waals surface area contributed by atoms with Crippen molar-refractivity contribution in [3.8, 4) is 0 Å². The summed E-state index contributed by atoms with van der Waals surface area (Å²) in [6.45, 7) is 3.64. The summed E-state index contributed by atoms with van der Waals surface area (Å²) in [5.74, 6) is -0.841. The molecule has 0 aliphatic carbocycles. The van der Waals surface area contributed by atoms with Crippen LogP contribution in [-0.2, 0) is 32.7 Å². The van der Waals surface area contributed by atoms with Crippen molar-refractivity contribution in [3.63, 3.8) is 0 Å². The number of carbonyl (C=O) groups excluding carboxylic acids is 2. The van der Waals surface area contributed by atoms with Crippen molar-refractivity contribution >= 4 is 19.8 Å². The Morgan fingerprint density at radius 2 is 0.714 bits per heavy atom. The lowest BCUT2D eigenvalue weighted by molar-refractivity contribution is -0.161. The van der Waals surface area contributed by atoms with E-state index in [9.17, 15) is 19.0 Å². The third kappa shape index (κ3) is 62.5. The molecule has 0 saturated heterocycles. The van der Waals surface area contributed by atoms with Gasteiger partial charge in [0.1, 0.15) is 6.61 Å². The average Bonchev–Trinajstić information content (AvgIpc) is 3.42. The molecule has 9 nitrogen and oxygen atoms in total. The predicted molar refractivity (Wildman–Crippen MR) is 330 cm³/mol. The molecule has 0 aromatic carbocycles. The molecule has 2 unspecified atom stereocenters. The van der Waals surface area contributed by atoms with E-state index in [0.717, 1.165) is 83.5 Å². The summed E-state index contributed by atoms with van der Waals surface area (Å²) >= 11 is 0. The van der Waals surface area contributed by atoms with E-state index in [1.54, 1.807) is 0 Å². The fraction of sp³-hybridized carbons (Fsp3) is 0.791. The molecule has 0 aromatic rings. The quantitative estimate of drug-likeness (QED) is 0.0264. The lowest BCUT2D eigenvalue weighted by atomic mass is 10.0. The average molecular weight is 1100 g/mol. The highest BCUT2D eigenvalue weighted by atomic mass is 31.2. The van der Waals surface area contributed by atoms with Gasteiger partial charge in [-0.15, -0.1) is 0 Å². The predicted octanol–water partition coefficient (Wildman–Crippen LogP) is 20.9. The van der Waals surface area contributed by atoms with Gasteiger partial charge in [-0.2, -0.15) is 0 Å². The number of rotatable bonds is 61. The molecular weight excluding hydrogens is 978 g/mol. The second kappa shape index (κ2) is 62.6. The fourth-order valence-corrected chi connectivity index (χ4v) is 10.1. The molecule has 0 aliphatic heterocycles. The number of carbonyl (C=O) groups is 2. The molecule has 0 spiro atoms. The minimum atomic E-state index is -4.40. The van der Waals surface area contributed by atoms with Gasteiger partial charge in [0, 0.05) is 19.4 Å². The summed E-state index contributed by atoms with van der Waals surface area (Å²) in [6.07, 6.45) is 81.4. The Labute approximate surface area is 475 Å². The Kier molecular flexibility index (Phi) is 60.6. The van der Waals surface area contributed by atoms with Gasteiger partial charge in [0.05, 0.1) is 13.2 Å². The smallest absolute Gasteiger partial charge is 0.462 e. The third-order valence-corrected chi connectivity index (χ3v) is 15.1. The molecule has 0 amide bonds. The zero-order chi connectivity index (χ0) is 55.9. The van der Waals surface area contributed by atoms with Crippen LogP contribution in [0, 0.1) is 0 Å². The van der Waals surface area contributed by atoms with Crippen molar-refractivity contribution in [3.05, 3.63) is 72.9 Å². The second-order valence-corrected chi connectivity index (χ2v) is 23.1. The summed E-state index contributed by atoms with van der Waals surface area (Å²) in [7, 11) is -4.40. The van der Waals surface area contributed by atoms with Gasteiger partial charge in [-0.25, -0.2) is 4.57 Å². The van der Waals surface area contributed by atoms with Gasteiger partial charge in [-0.1, -0.05) is 286 Å². The van der Waals surface area contributed by atoms with Gasteiger partial charge in [0.15, 0.2) is 6.10 Å². The van der Waals surface area contributed by atoms with E-state index in [1.165, 1.54) is 193 Å². The van der Waals surface area contributed by atoms with Gasteiger partial charge in [-0.3, -0.25) is 18.6 Å². The molecule has 0 fully saturated rings. The Morgan fingerprint density at radius 3 is 1.08 bits per heavy atom. The van der Waals surface area contributed by atoms with Gasteiger partial charge in [0.25, 0.3) is 0 Å². The van der Waals surface area contributed by atoms with Crippen LogP contribution in [0.25, 0.3) is 0 Å². The topological polar surface area (TPSA) is 134 Å². The molecule has 448 valence electrons. The Balaban J connectivity index is 3.85. The van der Waals surface area contributed by atoms with E-state index in [0.29, 0.717) is 6.42 Å². The van der Waals surface area contributed by atoms with Gasteiger partial charge < -0.3 is 20.1 Å². The Morgan fingerprint density at radius 1 is 0.403 bits per heavy atom. The normalized spacial score (nSPS) is 13.5. The van der Waals surface area contributed by atoms with E-state index in [-0.39, 0.29) is 38.6 Å². The molecule has 3 N–H and O–H groups in total. The Bertz CT molecular complexity index is 1490. The summed E-state index contributed by atoms with van der Waals surface area (Å²) in [4.78, 5) is 35.2. The first-order valence-electron chi connectivity index (χ1n) is 32.4. The summed E-state index contributed by atoms with van der Waals surface area (Å²) in [5, 5.41) is 0.